The molecule has 0 saturated heterocycles. The molecular formula is C14H16ClNOS. The van der Waals surface area contributed by atoms with E-state index in [1.165, 1.54) is 9.75 Å². The molecule has 2 nitrogen and oxygen atoms in total. The third-order valence-electron chi connectivity index (χ3n) is 2.46. The summed E-state index contributed by atoms with van der Waals surface area (Å²) < 4.78 is 5.70. The summed E-state index contributed by atoms with van der Waals surface area (Å²) in [5.74, 6) is 0.848. The lowest BCUT2D eigenvalue weighted by atomic mass is 10.3. The van der Waals surface area contributed by atoms with Crippen molar-refractivity contribution in [3.8, 4) is 5.75 Å². The maximum Gasteiger partial charge on any atom is 0.122 e. The number of halogens is 1. The molecule has 0 aliphatic heterocycles. The fourth-order valence-corrected chi connectivity index (χ4v) is 2.56. The van der Waals surface area contributed by atoms with E-state index in [0.29, 0.717) is 6.61 Å². The van der Waals surface area contributed by atoms with E-state index in [2.05, 4.69) is 24.4 Å². The van der Waals surface area contributed by atoms with Crippen molar-refractivity contribution in [3.63, 3.8) is 0 Å². The van der Waals surface area contributed by atoms with E-state index in [0.717, 1.165) is 23.9 Å². The zero-order valence-electron chi connectivity index (χ0n) is 10.3. The van der Waals surface area contributed by atoms with Gasteiger partial charge in [-0.1, -0.05) is 18.5 Å². The van der Waals surface area contributed by atoms with Gasteiger partial charge in [0.25, 0.3) is 0 Å². The molecule has 2 rings (SSSR count). The minimum absolute atomic E-state index is 0.610. The summed E-state index contributed by atoms with van der Waals surface area (Å²) in [7, 11) is 0. The van der Waals surface area contributed by atoms with Gasteiger partial charge in [0.1, 0.15) is 12.4 Å². The first-order valence-corrected chi connectivity index (χ1v) is 7.14. The first kappa shape index (κ1) is 13.4. The topological polar surface area (TPSA) is 21.3 Å². The third kappa shape index (κ3) is 4.02. The molecule has 0 radical (unpaired) electrons. The fraction of sp³-hybridized carbons (Fsp3) is 0.286. The van der Waals surface area contributed by atoms with Crippen LogP contribution in [0.5, 0.6) is 5.75 Å². The number of benzene rings is 1. The Kier molecular flexibility index (Phi) is 5.05. The van der Waals surface area contributed by atoms with Crippen molar-refractivity contribution in [1.29, 1.82) is 0 Å². The van der Waals surface area contributed by atoms with Crippen molar-refractivity contribution < 1.29 is 4.74 Å². The highest BCUT2D eigenvalue weighted by Crippen LogP contribution is 2.20. The molecule has 2 aromatic rings. The highest BCUT2D eigenvalue weighted by Gasteiger charge is 2.01. The highest BCUT2D eigenvalue weighted by molar-refractivity contribution is 7.11. The largest absolute Gasteiger partial charge is 0.488 e. The lowest BCUT2D eigenvalue weighted by Gasteiger charge is -2.04. The van der Waals surface area contributed by atoms with Gasteiger partial charge in [0.05, 0.1) is 0 Å². The first-order valence-electron chi connectivity index (χ1n) is 5.94. The molecule has 18 heavy (non-hydrogen) atoms. The van der Waals surface area contributed by atoms with Gasteiger partial charge in [-0.15, -0.1) is 11.3 Å². The second-order valence-corrected chi connectivity index (χ2v) is 5.58. The molecule has 0 atom stereocenters. The zero-order chi connectivity index (χ0) is 12.8. The number of thiophene rings is 1. The SMILES string of the molecule is CCNCc1ccc(COc2ccc(Cl)cc2)s1. The number of ether oxygens (including phenoxy) is 1. The second kappa shape index (κ2) is 6.78. The number of rotatable bonds is 6. The molecular weight excluding hydrogens is 266 g/mol. The Labute approximate surface area is 117 Å². The summed E-state index contributed by atoms with van der Waals surface area (Å²) in [6.45, 7) is 4.65. The normalized spacial score (nSPS) is 10.6. The van der Waals surface area contributed by atoms with Gasteiger partial charge in [-0.3, -0.25) is 0 Å². The fourth-order valence-electron chi connectivity index (χ4n) is 1.53. The van der Waals surface area contributed by atoms with Gasteiger partial charge in [0, 0.05) is 21.3 Å². The number of hydrogen-bond acceptors (Lipinski definition) is 3. The Morgan fingerprint density at radius 1 is 1.11 bits per heavy atom. The van der Waals surface area contributed by atoms with Gasteiger partial charge in [-0.2, -0.15) is 0 Å². The summed E-state index contributed by atoms with van der Waals surface area (Å²) in [6, 6.07) is 11.7. The molecule has 1 heterocycles. The Hall–Kier alpha value is -1.03. The van der Waals surface area contributed by atoms with Crippen molar-refractivity contribution >= 4 is 22.9 Å². The number of nitrogens with one attached hydrogen (secondary N) is 1. The Bertz CT molecular complexity index is 481. The second-order valence-electron chi connectivity index (χ2n) is 3.89. The maximum absolute atomic E-state index is 5.82. The first-order chi connectivity index (χ1) is 8.78. The summed E-state index contributed by atoms with van der Waals surface area (Å²) in [6.07, 6.45) is 0. The monoisotopic (exact) mass is 281 g/mol. The predicted octanol–water partition coefficient (Wildman–Crippen LogP) is 4.09. The lowest BCUT2D eigenvalue weighted by molar-refractivity contribution is 0.310. The highest BCUT2D eigenvalue weighted by atomic mass is 35.5. The van der Waals surface area contributed by atoms with E-state index in [1.54, 1.807) is 11.3 Å². The van der Waals surface area contributed by atoms with Crippen LogP contribution in [0.4, 0.5) is 0 Å². The molecule has 1 N–H and O–H groups in total. The van der Waals surface area contributed by atoms with Crippen LogP contribution in [0.1, 0.15) is 16.7 Å². The van der Waals surface area contributed by atoms with E-state index in [9.17, 15) is 0 Å². The van der Waals surface area contributed by atoms with Crippen molar-refractivity contribution in [2.75, 3.05) is 6.54 Å². The van der Waals surface area contributed by atoms with E-state index in [-0.39, 0.29) is 0 Å². The molecule has 96 valence electrons. The van der Waals surface area contributed by atoms with Gasteiger partial charge >= 0.3 is 0 Å². The Balaban J connectivity index is 1.86. The molecule has 0 aliphatic carbocycles. The van der Waals surface area contributed by atoms with Crippen LogP contribution in [0.2, 0.25) is 5.02 Å². The molecule has 1 aromatic carbocycles. The lowest BCUT2D eigenvalue weighted by Crippen LogP contribution is -2.10. The van der Waals surface area contributed by atoms with Gasteiger partial charge in [-0.05, 0) is 42.9 Å². The van der Waals surface area contributed by atoms with Crippen molar-refractivity contribution in [2.24, 2.45) is 0 Å². The molecule has 0 saturated carbocycles. The molecule has 0 fully saturated rings. The van der Waals surface area contributed by atoms with E-state index < -0.39 is 0 Å². The van der Waals surface area contributed by atoms with Gasteiger partial charge in [0.2, 0.25) is 0 Å². The smallest absolute Gasteiger partial charge is 0.122 e. The van der Waals surface area contributed by atoms with Crippen LogP contribution in [0.15, 0.2) is 36.4 Å². The van der Waals surface area contributed by atoms with Crippen LogP contribution in [0.25, 0.3) is 0 Å². The summed E-state index contributed by atoms with van der Waals surface area (Å²) >= 11 is 7.60. The quantitative estimate of drug-likeness (QED) is 0.861. The van der Waals surface area contributed by atoms with Gasteiger partial charge < -0.3 is 10.1 Å². The van der Waals surface area contributed by atoms with Crippen LogP contribution in [0, 0.1) is 0 Å². The molecule has 0 bridgehead atoms. The van der Waals surface area contributed by atoms with Crippen LogP contribution in [-0.2, 0) is 13.2 Å². The average Bonchev–Trinajstić information content (AvgIpc) is 2.84. The zero-order valence-corrected chi connectivity index (χ0v) is 11.9. The molecule has 0 spiro atoms. The molecule has 0 unspecified atom stereocenters. The van der Waals surface area contributed by atoms with Gasteiger partial charge in [-0.25, -0.2) is 0 Å². The van der Waals surface area contributed by atoms with Crippen molar-refractivity contribution in [2.45, 2.75) is 20.1 Å². The van der Waals surface area contributed by atoms with Crippen molar-refractivity contribution in [3.05, 3.63) is 51.2 Å². The molecule has 0 amide bonds. The van der Waals surface area contributed by atoms with Crippen LogP contribution < -0.4 is 10.1 Å². The van der Waals surface area contributed by atoms with Gasteiger partial charge in [0.15, 0.2) is 0 Å². The minimum Gasteiger partial charge on any atom is -0.488 e. The van der Waals surface area contributed by atoms with Crippen LogP contribution in [0.3, 0.4) is 0 Å². The average molecular weight is 282 g/mol. The van der Waals surface area contributed by atoms with E-state index in [4.69, 9.17) is 16.3 Å². The number of hydrogen-bond donors (Lipinski definition) is 1. The Morgan fingerprint density at radius 2 is 1.83 bits per heavy atom. The summed E-state index contributed by atoms with van der Waals surface area (Å²) in [5.41, 5.74) is 0. The standard InChI is InChI=1S/C14H16ClNOS/c1-2-16-9-13-7-8-14(18-13)10-17-12-5-3-11(15)4-6-12/h3-8,16H,2,9-10H2,1H3. The summed E-state index contributed by atoms with van der Waals surface area (Å²) in [4.78, 5) is 2.57. The summed E-state index contributed by atoms with van der Waals surface area (Å²) in [5, 5.41) is 4.04. The van der Waals surface area contributed by atoms with Crippen LogP contribution in [-0.4, -0.2) is 6.54 Å². The third-order valence-corrected chi connectivity index (χ3v) is 3.77. The van der Waals surface area contributed by atoms with E-state index in [1.807, 2.05) is 24.3 Å². The predicted molar refractivity (Wildman–Crippen MR) is 77.5 cm³/mol. The van der Waals surface area contributed by atoms with Crippen molar-refractivity contribution in [1.82, 2.24) is 5.32 Å². The van der Waals surface area contributed by atoms with E-state index >= 15 is 0 Å². The molecule has 0 aliphatic rings. The molecule has 4 heteroatoms. The Morgan fingerprint density at radius 3 is 2.56 bits per heavy atom. The van der Waals surface area contributed by atoms with Crippen LogP contribution >= 0.6 is 22.9 Å². The minimum atomic E-state index is 0.610. The molecule has 1 aromatic heterocycles. The maximum atomic E-state index is 5.82.